The van der Waals surface area contributed by atoms with Gasteiger partial charge in [0.05, 0.1) is 11.3 Å². The first kappa shape index (κ1) is 22.5. The van der Waals surface area contributed by atoms with Gasteiger partial charge in [0.2, 0.25) is 11.8 Å². The van der Waals surface area contributed by atoms with Crippen molar-refractivity contribution in [2.75, 3.05) is 0 Å². The molecule has 0 unspecified atom stereocenters. The van der Waals surface area contributed by atoms with E-state index in [-0.39, 0.29) is 17.9 Å². The predicted octanol–water partition coefficient (Wildman–Crippen LogP) is 3.26. The van der Waals surface area contributed by atoms with Crippen LogP contribution in [0.15, 0.2) is 54.6 Å². The number of carbonyl (C=O) groups excluding carboxylic acids is 2. The molecule has 34 heavy (non-hydrogen) atoms. The highest BCUT2D eigenvalue weighted by Gasteiger charge is 2.45. The maximum atomic E-state index is 13.7. The number of carboxylic acids is 1. The molecule has 1 saturated heterocycles. The Balaban J connectivity index is 1.49. The summed E-state index contributed by atoms with van der Waals surface area (Å²) in [7, 11) is 0. The van der Waals surface area contributed by atoms with E-state index in [0.29, 0.717) is 32.1 Å². The Morgan fingerprint density at radius 2 is 1.85 bits per heavy atom. The van der Waals surface area contributed by atoms with Crippen molar-refractivity contribution in [3.05, 3.63) is 71.4 Å². The SMILES string of the molecule is O=C(N[C@H]1Cc2c([nH]c3ccccc23)[C@H]2CCC[C@@H](C(=O)O)N2C1=O)[C@H](S)Cc1ccccc1. The second-order valence-corrected chi connectivity index (χ2v) is 9.70. The van der Waals surface area contributed by atoms with Crippen molar-refractivity contribution in [3.8, 4) is 0 Å². The smallest absolute Gasteiger partial charge is 0.326 e. The fraction of sp³-hybridized carbons (Fsp3) is 0.346. The lowest BCUT2D eigenvalue weighted by Gasteiger charge is -2.40. The molecule has 176 valence electrons. The number of benzene rings is 2. The zero-order valence-corrected chi connectivity index (χ0v) is 19.5. The first-order chi connectivity index (χ1) is 16.4. The lowest BCUT2D eigenvalue weighted by Crippen LogP contribution is -2.56. The van der Waals surface area contributed by atoms with Crippen LogP contribution >= 0.6 is 12.6 Å². The average Bonchev–Trinajstić information content (AvgIpc) is 3.16. The van der Waals surface area contributed by atoms with Crippen molar-refractivity contribution in [2.45, 2.75) is 55.5 Å². The van der Waals surface area contributed by atoms with E-state index in [4.69, 9.17) is 0 Å². The number of nitrogens with zero attached hydrogens (tertiary/aromatic N) is 1. The van der Waals surface area contributed by atoms with Gasteiger partial charge in [0, 0.05) is 23.0 Å². The Kier molecular flexibility index (Phi) is 6.08. The van der Waals surface area contributed by atoms with Crippen LogP contribution in [0.25, 0.3) is 10.9 Å². The third-order valence-corrected chi connectivity index (χ3v) is 7.36. The number of carbonyl (C=O) groups is 3. The number of thiol groups is 1. The van der Waals surface area contributed by atoms with Gasteiger partial charge < -0.3 is 20.3 Å². The number of fused-ring (bicyclic) bond motifs is 5. The maximum Gasteiger partial charge on any atom is 0.326 e. The van der Waals surface area contributed by atoms with E-state index >= 15 is 0 Å². The molecule has 0 radical (unpaired) electrons. The Hall–Kier alpha value is -3.26. The van der Waals surface area contributed by atoms with E-state index in [1.807, 2.05) is 54.6 Å². The molecule has 4 atom stereocenters. The fourth-order valence-corrected chi connectivity index (χ4v) is 5.63. The number of hydrogen-bond acceptors (Lipinski definition) is 4. The van der Waals surface area contributed by atoms with Gasteiger partial charge in [-0.05, 0) is 42.9 Å². The maximum absolute atomic E-state index is 13.7. The topological polar surface area (TPSA) is 102 Å². The molecule has 0 aliphatic carbocycles. The van der Waals surface area contributed by atoms with Crippen molar-refractivity contribution in [1.29, 1.82) is 0 Å². The summed E-state index contributed by atoms with van der Waals surface area (Å²) in [6.45, 7) is 0. The molecule has 2 amide bonds. The van der Waals surface area contributed by atoms with Crippen molar-refractivity contribution in [3.63, 3.8) is 0 Å². The highest BCUT2D eigenvalue weighted by atomic mass is 32.1. The standard InChI is InChI=1S/C26H27N3O4S/c30-24(22(34)13-15-7-2-1-3-8-15)28-19-14-17-16-9-4-5-10-18(16)27-23(17)20-11-6-12-21(26(32)33)29(20)25(19)31/h1-5,7-10,19-22,27,34H,6,11-14H2,(H,28,30)(H,32,33)/t19-,20+,21-,22+/m0/s1. The van der Waals surface area contributed by atoms with E-state index in [1.54, 1.807) is 0 Å². The number of aromatic nitrogens is 1. The lowest BCUT2D eigenvalue weighted by atomic mass is 9.92. The van der Waals surface area contributed by atoms with Crippen molar-refractivity contribution in [2.24, 2.45) is 0 Å². The van der Waals surface area contributed by atoms with Crippen LogP contribution in [0.4, 0.5) is 0 Å². The Morgan fingerprint density at radius 3 is 2.62 bits per heavy atom. The largest absolute Gasteiger partial charge is 0.480 e. The molecule has 2 aliphatic rings. The van der Waals surface area contributed by atoms with Gasteiger partial charge in [0.15, 0.2) is 0 Å². The molecule has 3 aromatic rings. The van der Waals surface area contributed by atoms with Gasteiger partial charge in [0.1, 0.15) is 12.1 Å². The lowest BCUT2D eigenvalue weighted by molar-refractivity contribution is -0.156. The zero-order valence-electron chi connectivity index (χ0n) is 18.6. The molecular formula is C26H27N3O4S. The summed E-state index contributed by atoms with van der Waals surface area (Å²) in [6.07, 6.45) is 2.53. The summed E-state index contributed by atoms with van der Waals surface area (Å²) in [5.41, 5.74) is 3.77. The number of piperidine rings is 1. The van der Waals surface area contributed by atoms with Crippen molar-refractivity contribution < 1.29 is 19.5 Å². The van der Waals surface area contributed by atoms with Crippen LogP contribution in [0.5, 0.6) is 0 Å². The highest BCUT2D eigenvalue weighted by molar-refractivity contribution is 7.81. The van der Waals surface area contributed by atoms with E-state index < -0.39 is 23.3 Å². The minimum atomic E-state index is -1.01. The number of nitrogens with one attached hydrogen (secondary N) is 2. The minimum absolute atomic E-state index is 0.301. The molecule has 1 aromatic heterocycles. The van der Waals surface area contributed by atoms with Crippen LogP contribution in [0.1, 0.15) is 42.1 Å². The van der Waals surface area contributed by atoms with E-state index in [2.05, 4.69) is 22.9 Å². The van der Waals surface area contributed by atoms with Crippen LogP contribution in [-0.4, -0.2) is 50.1 Å². The summed E-state index contributed by atoms with van der Waals surface area (Å²) < 4.78 is 0. The molecule has 2 aromatic carbocycles. The van der Waals surface area contributed by atoms with E-state index in [0.717, 1.165) is 27.7 Å². The molecule has 8 heteroatoms. The molecule has 2 aliphatic heterocycles. The molecule has 7 nitrogen and oxygen atoms in total. The summed E-state index contributed by atoms with van der Waals surface area (Å²) >= 11 is 4.50. The van der Waals surface area contributed by atoms with Crippen LogP contribution in [0, 0.1) is 0 Å². The van der Waals surface area contributed by atoms with Crippen molar-refractivity contribution in [1.82, 2.24) is 15.2 Å². The number of H-pyrrole nitrogens is 1. The third kappa shape index (κ3) is 4.07. The average molecular weight is 478 g/mol. The minimum Gasteiger partial charge on any atom is -0.480 e. The molecule has 3 heterocycles. The van der Waals surface area contributed by atoms with Gasteiger partial charge in [0.25, 0.3) is 0 Å². The van der Waals surface area contributed by atoms with Crippen LogP contribution in [0.2, 0.25) is 0 Å². The van der Waals surface area contributed by atoms with E-state index in [1.165, 1.54) is 4.90 Å². The van der Waals surface area contributed by atoms with Crippen LogP contribution in [-0.2, 0) is 27.2 Å². The molecule has 5 rings (SSSR count). The Morgan fingerprint density at radius 1 is 1.12 bits per heavy atom. The van der Waals surface area contributed by atoms with Crippen LogP contribution < -0.4 is 5.32 Å². The molecule has 0 saturated carbocycles. The van der Waals surface area contributed by atoms with Crippen molar-refractivity contribution >= 4 is 41.3 Å². The number of aliphatic carboxylic acids is 1. The van der Waals surface area contributed by atoms with Gasteiger partial charge in [-0.3, -0.25) is 9.59 Å². The number of amides is 2. The monoisotopic (exact) mass is 477 g/mol. The van der Waals surface area contributed by atoms with Gasteiger partial charge in [-0.1, -0.05) is 48.5 Å². The normalized spacial score (nSPS) is 23.0. The van der Waals surface area contributed by atoms with Gasteiger partial charge in [-0.25, -0.2) is 4.79 Å². The van der Waals surface area contributed by atoms with E-state index in [9.17, 15) is 19.5 Å². The number of aromatic amines is 1. The Bertz CT molecular complexity index is 1240. The third-order valence-electron chi connectivity index (χ3n) is 6.94. The predicted molar refractivity (Wildman–Crippen MR) is 132 cm³/mol. The van der Waals surface area contributed by atoms with Gasteiger partial charge in [-0.2, -0.15) is 12.6 Å². The second kappa shape index (κ2) is 9.18. The van der Waals surface area contributed by atoms with Crippen LogP contribution in [0.3, 0.4) is 0 Å². The summed E-state index contributed by atoms with van der Waals surface area (Å²) in [5, 5.41) is 13.2. The zero-order chi connectivity index (χ0) is 23.8. The number of hydrogen-bond donors (Lipinski definition) is 4. The second-order valence-electron chi connectivity index (χ2n) is 9.08. The highest BCUT2D eigenvalue weighted by Crippen LogP contribution is 2.41. The first-order valence-electron chi connectivity index (χ1n) is 11.6. The Labute approximate surface area is 202 Å². The quantitative estimate of drug-likeness (QED) is 0.424. The number of rotatable bonds is 5. The first-order valence-corrected chi connectivity index (χ1v) is 12.1. The molecule has 0 spiro atoms. The fourth-order valence-electron chi connectivity index (χ4n) is 5.34. The molecular weight excluding hydrogens is 450 g/mol. The summed E-state index contributed by atoms with van der Waals surface area (Å²) in [4.78, 5) is 43.8. The molecule has 0 bridgehead atoms. The molecule has 3 N–H and O–H groups in total. The summed E-state index contributed by atoms with van der Waals surface area (Å²) in [5.74, 6) is -1.70. The van der Waals surface area contributed by atoms with Gasteiger partial charge >= 0.3 is 5.97 Å². The van der Waals surface area contributed by atoms with Gasteiger partial charge in [-0.15, -0.1) is 0 Å². The number of carboxylic acid groups (broad SMARTS) is 1. The number of para-hydroxylation sites is 1. The summed E-state index contributed by atoms with van der Waals surface area (Å²) in [6, 6.07) is 15.3. The molecule has 1 fully saturated rings.